The monoisotopic (exact) mass is 287 g/mol. The lowest BCUT2D eigenvalue weighted by Gasteiger charge is -2.13. The summed E-state index contributed by atoms with van der Waals surface area (Å²) in [6.07, 6.45) is 0.738. The molecule has 0 aromatic heterocycles. The second-order valence-corrected chi connectivity index (χ2v) is 6.69. The van der Waals surface area contributed by atoms with E-state index in [4.69, 9.17) is 0 Å². The predicted octanol–water partition coefficient (Wildman–Crippen LogP) is 1.66. The number of nitrogens with one attached hydrogen (secondary N) is 1. The highest BCUT2D eigenvalue weighted by Crippen LogP contribution is 2.12. The van der Waals surface area contributed by atoms with E-state index >= 15 is 0 Å². The van der Waals surface area contributed by atoms with Crippen LogP contribution in [-0.4, -0.2) is 26.1 Å². The van der Waals surface area contributed by atoms with Crippen LogP contribution in [0.2, 0.25) is 0 Å². The number of carbonyl (C=O) groups excluding carboxylic acids is 1. The maximum absolute atomic E-state index is 13.0. The Labute approximate surface area is 112 Å². The van der Waals surface area contributed by atoms with Gasteiger partial charge in [0.05, 0.1) is 5.75 Å². The molecule has 0 heterocycles. The van der Waals surface area contributed by atoms with Crippen molar-refractivity contribution in [1.29, 1.82) is 0 Å². The summed E-state index contributed by atoms with van der Waals surface area (Å²) in [6, 6.07) is 5.38. The van der Waals surface area contributed by atoms with Crippen LogP contribution in [-0.2, 0) is 20.4 Å². The summed E-state index contributed by atoms with van der Waals surface area (Å²) >= 11 is 0. The molecular formula is C13H18FNO3S. The van der Waals surface area contributed by atoms with Crippen molar-refractivity contribution in [2.75, 3.05) is 6.54 Å². The Morgan fingerprint density at radius 3 is 2.68 bits per heavy atom. The van der Waals surface area contributed by atoms with Crippen LogP contribution < -0.4 is 5.32 Å². The maximum atomic E-state index is 13.0. The third-order valence-electron chi connectivity index (χ3n) is 2.71. The molecule has 1 N–H and O–H groups in total. The molecule has 0 saturated heterocycles. The zero-order valence-electron chi connectivity index (χ0n) is 11.0. The first-order chi connectivity index (χ1) is 8.86. The van der Waals surface area contributed by atoms with Gasteiger partial charge in [0.15, 0.2) is 9.84 Å². The van der Waals surface area contributed by atoms with E-state index in [0.717, 1.165) is 12.5 Å². The minimum Gasteiger partial charge on any atom is -0.355 e. The van der Waals surface area contributed by atoms with Crippen molar-refractivity contribution in [1.82, 2.24) is 5.32 Å². The van der Waals surface area contributed by atoms with Gasteiger partial charge in [0.2, 0.25) is 5.91 Å². The average Bonchev–Trinajstić information content (AvgIpc) is 2.34. The summed E-state index contributed by atoms with van der Waals surface area (Å²) in [6.45, 7) is 3.67. The number of hydrogen-bond acceptors (Lipinski definition) is 3. The molecule has 0 aliphatic carbocycles. The molecule has 1 aromatic carbocycles. The van der Waals surface area contributed by atoms with Crippen molar-refractivity contribution in [2.45, 2.75) is 31.3 Å². The summed E-state index contributed by atoms with van der Waals surface area (Å²) < 4.78 is 37.1. The lowest BCUT2D eigenvalue weighted by molar-refractivity contribution is -0.120. The van der Waals surface area contributed by atoms with Crippen molar-refractivity contribution in [3.63, 3.8) is 0 Å². The Bertz CT molecular complexity index is 543. The maximum Gasteiger partial charge on any atom is 0.238 e. The topological polar surface area (TPSA) is 63.2 Å². The summed E-state index contributed by atoms with van der Waals surface area (Å²) in [4.78, 5) is 11.6. The summed E-state index contributed by atoms with van der Waals surface area (Å²) in [5, 5.41) is 1.41. The van der Waals surface area contributed by atoms with E-state index in [1.54, 1.807) is 0 Å². The lowest BCUT2D eigenvalue weighted by Crippen LogP contribution is -2.38. The predicted molar refractivity (Wildman–Crippen MR) is 71.8 cm³/mol. The third-order valence-corrected chi connectivity index (χ3v) is 4.74. The first-order valence-corrected chi connectivity index (χ1v) is 7.82. The standard InChI is InChI=1S/C13H18FNO3S/c1-3-7-15-13(16)10(2)19(17,18)9-11-5-4-6-12(14)8-11/h4-6,8,10H,3,7,9H2,1-2H3,(H,15,16)/t10-/m1/s1. The molecule has 1 atom stereocenters. The van der Waals surface area contributed by atoms with Crippen LogP contribution in [0.3, 0.4) is 0 Å². The van der Waals surface area contributed by atoms with Crippen LogP contribution in [0.4, 0.5) is 4.39 Å². The van der Waals surface area contributed by atoms with E-state index in [9.17, 15) is 17.6 Å². The Morgan fingerprint density at radius 1 is 1.42 bits per heavy atom. The summed E-state index contributed by atoms with van der Waals surface area (Å²) in [7, 11) is -3.64. The molecule has 0 spiro atoms. The van der Waals surface area contributed by atoms with Crippen molar-refractivity contribution < 1.29 is 17.6 Å². The fourth-order valence-corrected chi connectivity index (χ4v) is 2.84. The molecule has 1 aromatic rings. The molecule has 1 amide bonds. The minimum absolute atomic E-state index is 0.342. The van der Waals surface area contributed by atoms with Gasteiger partial charge >= 0.3 is 0 Å². The van der Waals surface area contributed by atoms with Crippen LogP contribution in [0, 0.1) is 5.82 Å². The highest BCUT2D eigenvalue weighted by Gasteiger charge is 2.27. The largest absolute Gasteiger partial charge is 0.355 e. The highest BCUT2D eigenvalue weighted by atomic mass is 32.2. The molecule has 106 valence electrons. The number of sulfone groups is 1. The molecular weight excluding hydrogens is 269 g/mol. The Balaban J connectivity index is 2.78. The second kappa shape index (κ2) is 6.65. The average molecular weight is 287 g/mol. The van der Waals surface area contributed by atoms with Gasteiger partial charge in [-0.15, -0.1) is 0 Å². The smallest absolute Gasteiger partial charge is 0.238 e. The molecule has 6 heteroatoms. The zero-order chi connectivity index (χ0) is 14.5. The number of benzene rings is 1. The zero-order valence-corrected chi connectivity index (χ0v) is 11.8. The number of rotatable bonds is 6. The van der Waals surface area contributed by atoms with E-state index in [-0.39, 0.29) is 5.75 Å². The van der Waals surface area contributed by atoms with Crippen molar-refractivity contribution in [3.8, 4) is 0 Å². The van der Waals surface area contributed by atoms with Gasteiger partial charge in [-0.05, 0) is 31.0 Å². The molecule has 0 fully saturated rings. The number of carbonyl (C=O) groups is 1. The molecule has 0 aliphatic rings. The van der Waals surface area contributed by atoms with Gasteiger partial charge in [0.25, 0.3) is 0 Å². The van der Waals surface area contributed by atoms with Gasteiger partial charge < -0.3 is 5.32 Å². The van der Waals surface area contributed by atoms with Gasteiger partial charge in [0, 0.05) is 6.54 Å². The molecule has 0 aliphatic heterocycles. The van der Waals surface area contributed by atoms with Gasteiger partial charge in [-0.2, -0.15) is 0 Å². The van der Waals surface area contributed by atoms with Crippen LogP contribution >= 0.6 is 0 Å². The Kier molecular flexibility index (Phi) is 5.47. The quantitative estimate of drug-likeness (QED) is 0.865. The minimum atomic E-state index is -3.64. The number of hydrogen-bond donors (Lipinski definition) is 1. The SMILES string of the molecule is CCCNC(=O)[C@@H](C)S(=O)(=O)Cc1cccc(F)c1. The molecule has 0 saturated carbocycles. The fraction of sp³-hybridized carbons (Fsp3) is 0.462. The number of halogens is 1. The van der Waals surface area contributed by atoms with E-state index in [1.165, 1.54) is 25.1 Å². The third kappa shape index (κ3) is 4.63. The Morgan fingerprint density at radius 2 is 2.11 bits per heavy atom. The molecule has 4 nitrogen and oxygen atoms in total. The van der Waals surface area contributed by atoms with E-state index in [1.807, 2.05) is 6.92 Å². The molecule has 0 unspecified atom stereocenters. The van der Waals surface area contributed by atoms with E-state index in [0.29, 0.717) is 12.1 Å². The van der Waals surface area contributed by atoms with Crippen LogP contribution in [0.15, 0.2) is 24.3 Å². The summed E-state index contributed by atoms with van der Waals surface area (Å²) in [5.41, 5.74) is 0.343. The lowest BCUT2D eigenvalue weighted by atomic mass is 10.2. The van der Waals surface area contributed by atoms with E-state index in [2.05, 4.69) is 5.32 Å². The van der Waals surface area contributed by atoms with Crippen molar-refractivity contribution >= 4 is 15.7 Å². The van der Waals surface area contributed by atoms with Crippen LogP contribution in [0.1, 0.15) is 25.8 Å². The van der Waals surface area contributed by atoms with Gasteiger partial charge in [-0.25, -0.2) is 12.8 Å². The van der Waals surface area contributed by atoms with Crippen LogP contribution in [0.25, 0.3) is 0 Å². The molecule has 1 rings (SSSR count). The van der Waals surface area contributed by atoms with Crippen LogP contribution in [0.5, 0.6) is 0 Å². The van der Waals surface area contributed by atoms with E-state index < -0.39 is 26.8 Å². The van der Waals surface area contributed by atoms with Crippen molar-refractivity contribution in [3.05, 3.63) is 35.6 Å². The Hall–Kier alpha value is -1.43. The highest BCUT2D eigenvalue weighted by molar-refractivity contribution is 7.92. The second-order valence-electron chi connectivity index (χ2n) is 4.37. The number of amides is 1. The molecule has 0 radical (unpaired) electrons. The normalized spacial score (nSPS) is 13.0. The fourth-order valence-electron chi connectivity index (χ4n) is 1.54. The van der Waals surface area contributed by atoms with Gasteiger partial charge in [-0.1, -0.05) is 19.1 Å². The van der Waals surface area contributed by atoms with Gasteiger partial charge in [0.1, 0.15) is 11.1 Å². The van der Waals surface area contributed by atoms with Crippen molar-refractivity contribution in [2.24, 2.45) is 0 Å². The molecule has 19 heavy (non-hydrogen) atoms. The summed E-state index contributed by atoms with van der Waals surface area (Å²) in [5.74, 6) is -1.35. The first kappa shape index (κ1) is 15.6. The molecule has 0 bridgehead atoms. The van der Waals surface area contributed by atoms with Gasteiger partial charge in [-0.3, -0.25) is 4.79 Å². The first-order valence-electron chi connectivity index (χ1n) is 6.10.